The van der Waals surface area contributed by atoms with Crippen molar-refractivity contribution in [3.8, 4) is 0 Å². The van der Waals surface area contributed by atoms with E-state index < -0.39 is 0 Å². The van der Waals surface area contributed by atoms with E-state index in [0.29, 0.717) is 0 Å². The van der Waals surface area contributed by atoms with Gasteiger partial charge in [-0.15, -0.1) is 0 Å². The number of hydrogen-bond donors (Lipinski definition) is 0. The van der Waals surface area contributed by atoms with E-state index in [4.69, 9.17) is 0 Å². The van der Waals surface area contributed by atoms with Crippen molar-refractivity contribution < 1.29 is 0 Å². The van der Waals surface area contributed by atoms with Crippen molar-refractivity contribution >= 4 is 0 Å². The molecule has 0 fully saturated rings. The first-order valence-electron chi connectivity index (χ1n) is 5.98. The fraction of sp³-hybridized carbons (Fsp3) is 0.312. The van der Waals surface area contributed by atoms with E-state index in [1.807, 2.05) is 30.4 Å². The molecular weight excluding hydrogens is 192 g/mol. The minimum Gasteiger partial charge on any atom is -0.0991 e. The molecule has 0 bridgehead atoms. The maximum absolute atomic E-state index is 3.83. The minimum atomic E-state index is 1.06. The monoisotopic (exact) mass is 215 g/mol. The second kappa shape index (κ2) is 13.7. The van der Waals surface area contributed by atoms with Crippen LogP contribution >= 0.6 is 0 Å². The standard InChI is InChI=1S/C16H23/c1-3-5-7-9-11-13-15-16-14-12-10-8-6-4-2/h3,5,7,9,11,13-16H,1-2,4,6,8,10,12H2. The van der Waals surface area contributed by atoms with Crippen LogP contribution in [0.15, 0.2) is 61.3 Å². The van der Waals surface area contributed by atoms with Crippen LogP contribution in [0.5, 0.6) is 0 Å². The molecular formula is C16H23. The molecule has 87 valence electrons. The molecule has 0 aliphatic heterocycles. The highest BCUT2D eigenvalue weighted by molar-refractivity contribution is 5.17. The Morgan fingerprint density at radius 2 is 1.31 bits per heavy atom. The molecule has 0 atom stereocenters. The van der Waals surface area contributed by atoms with Crippen LogP contribution in [0.4, 0.5) is 0 Å². The Bertz CT molecular complexity index is 251. The van der Waals surface area contributed by atoms with Gasteiger partial charge < -0.3 is 0 Å². The third kappa shape index (κ3) is 12.7. The van der Waals surface area contributed by atoms with E-state index in [-0.39, 0.29) is 0 Å². The molecule has 0 nitrogen and oxygen atoms in total. The summed E-state index contributed by atoms with van der Waals surface area (Å²) in [5.74, 6) is 0. The van der Waals surface area contributed by atoms with Gasteiger partial charge in [0.1, 0.15) is 0 Å². The number of rotatable bonds is 9. The summed E-state index contributed by atoms with van der Waals surface area (Å²) in [6.45, 7) is 7.42. The van der Waals surface area contributed by atoms with E-state index >= 15 is 0 Å². The van der Waals surface area contributed by atoms with E-state index in [2.05, 4.69) is 31.7 Å². The first-order chi connectivity index (χ1) is 7.91. The van der Waals surface area contributed by atoms with Crippen LogP contribution in [0.1, 0.15) is 32.1 Å². The smallest absolute Gasteiger partial charge is 0.0348 e. The van der Waals surface area contributed by atoms with Gasteiger partial charge in [-0.05, 0) is 12.8 Å². The number of allylic oxidation sites excluding steroid dienone is 9. The molecule has 0 N–H and O–H groups in total. The molecule has 0 saturated heterocycles. The highest BCUT2D eigenvalue weighted by atomic mass is 13.9. The summed E-state index contributed by atoms with van der Waals surface area (Å²) in [5.41, 5.74) is 0. The topological polar surface area (TPSA) is 0 Å². The molecule has 0 aliphatic rings. The molecule has 0 amide bonds. The summed E-state index contributed by atoms with van der Waals surface area (Å²) in [7, 11) is 0. The second-order valence-electron chi connectivity index (χ2n) is 3.52. The average Bonchev–Trinajstić information content (AvgIpc) is 2.31. The Kier molecular flexibility index (Phi) is 12.6. The normalized spacial score (nSPS) is 12.6. The van der Waals surface area contributed by atoms with Crippen LogP contribution in [-0.2, 0) is 0 Å². The Morgan fingerprint density at radius 1 is 0.688 bits per heavy atom. The fourth-order valence-corrected chi connectivity index (χ4v) is 1.19. The van der Waals surface area contributed by atoms with Gasteiger partial charge in [0.25, 0.3) is 0 Å². The van der Waals surface area contributed by atoms with Gasteiger partial charge in [0.2, 0.25) is 0 Å². The zero-order valence-electron chi connectivity index (χ0n) is 10.1. The van der Waals surface area contributed by atoms with Crippen molar-refractivity contribution in [2.75, 3.05) is 0 Å². The van der Waals surface area contributed by atoms with Crippen molar-refractivity contribution in [3.05, 3.63) is 68.2 Å². The number of unbranched alkanes of at least 4 members (excludes halogenated alkanes) is 4. The van der Waals surface area contributed by atoms with Crippen molar-refractivity contribution in [3.63, 3.8) is 0 Å². The summed E-state index contributed by atoms with van der Waals surface area (Å²) in [6, 6.07) is 0. The molecule has 0 heterocycles. The Hall–Kier alpha value is -1.30. The Balaban J connectivity index is 3.44. The van der Waals surface area contributed by atoms with E-state index in [9.17, 15) is 0 Å². The largest absolute Gasteiger partial charge is 0.0991 e. The van der Waals surface area contributed by atoms with Crippen LogP contribution < -0.4 is 0 Å². The SMILES string of the molecule is [CH2]CCCCCC=CC=CC=CC=CC=C. The first-order valence-corrected chi connectivity index (χ1v) is 5.98. The molecule has 0 rings (SSSR count). The summed E-state index contributed by atoms with van der Waals surface area (Å²) >= 11 is 0. The van der Waals surface area contributed by atoms with Crippen molar-refractivity contribution in [2.45, 2.75) is 32.1 Å². The average molecular weight is 215 g/mol. The summed E-state index contributed by atoms with van der Waals surface area (Å²) in [5, 5.41) is 0. The van der Waals surface area contributed by atoms with E-state index in [0.717, 1.165) is 6.42 Å². The molecule has 16 heavy (non-hydrogen) atoms. The van der Waals surface area contributed by atoms with Gasteiger partial charge in [0, 0.05) is 0 Å². The van der Waals surface area contributed by atoms with Gasteiger partial charge in [-0.25, -0.2) is 0 Å². The Labute approximate surface area is 101 Å². The fourth-order valence-electron chi connectivity index (χ4n) is 1.19. The molecule has 0 aromatic rings. The van der Waals surface area contributed by atoms with Gasteiger partial charge in [-0.3, -0.25) is 0 Å². The third-order valence-electron chi connectivity index (χ3n) is 2.06. The first kappa shape index (κ1) is 14.7. The van der Waals surface area contributed by atoms with Crippen molar-refractivity contribution in [1.82, 2.24) is 0 Å². The molecule has 1 radical (unpaired) electrons. The third-order valence-corrected chi connectivity index (χ3v) is 2.06. The highest BCUT2D eigenvalue weighted by Crippen LogP contribution is 2.02. The maximum atomic E-state index is 3.83. The lowest BCUT2D eigenvalue weighted by atomic mass is 10.1. The summed E-state index contributed by atoms with van der Waals surface area (Å²) in [6.07, 6.45) is 24.1. The van der Waals surface area contributed by atoms with Gasteiger partial charge in [0.15, 0.2) is 0 Å². The number of hydrogen-bond acceptors (Lipinski definition) is 0. The zero-order valence-corrected chi connectivity index (χ0v) is 10.1. The van der Waals surface area contributed by atoms with Crippen LogP contribution in [-0.4, -0.2) is 0 Å². The molecule has 0 aromatic carbocycles. The summed E-state index contributed by atoms with van der Waals surface area (Å²) in [4.78, 5) is 0. The predicted molar refractivity (Wildman–Crippen MR) is 75.2 cm³/mol. The van der Waals surface area contributed by atoms with Gasteiger partial charge >= 0.3 is 0 Å². The highest BCUT2D eigenvalue weighted by Gasteiger charge is 1.82. The van der Waals surface area contributed by atoms with Gasteiger partial charge in [0.05, 0.1) is 0 Å². The lowest BCUT2D eigenvalue weighted by molar-refractivity contribution is 0.695. The summed E-state index contributed by atoms with van der Waals surface area (Å²) < 4.78 is 0. The van der Waals surface area contributed by atoms with Crippen LogP contribution in [0, 0.1) is 6.92 Å². The molecule has 0 spiro atoms. The van der Waals surface area contributed by atoms with Gasteiger partial charge in [-0.1, -0.05) is 87.4 Å². The van der Waals surface area contributed by atoms with Crippen LogP contribution in [0.3, 0.4) is 0 Å². The van der Waals surface area contributed by atoms with Crippen molar-refractivity contribution in [1.29, 1.82) is 0 Å². The molecule has 0 aliphatic carbocycles. The lowest BCUT2D eigenvalue weighted by Crippen LogP contribution is -1.73. The van der Waals surface area contributed by atoms with Crippen LogP contribution in [0.2, 0.25) is 0 Å². The Morgan fingerprint density at radius 3 is 1.94 bits per heavy atom. The lowest BCUT2D eigenvalue weighted by Gasteiger charge is -1.92. The van der Waals surface area contributed by atoms with E-state index in [1.165, 1.54) is 25.7 Å². The second-order valence-corrected chi connectivity index (χ2v) is 3.52. The van der Waals surface area contributed by atoms with Crippen molar-refractivity contribution in [2.24, 2.45) is 0 Å². The molecule has 0 unspecified atom stereocenters. The minimum absolute atomic E-state index is 1.06. The van der Waals surface area contributed by atoms with Gasteiger partial charge in [-0.2, -0.15) is 0 Å². The maximum Gasteiger partial charge on any atom is -0.0348 e. The predicted octanol–water partition coefficient (Wildman–Crippen LogP) is 5.18. The van der Waals surface area contributed by atoms with E-state index in [1.54, 1.807) is 6.08 Å². The molecule has 0 saturated carbocycles. The van der Waals surface area contributed by atoms with Crippen LogP contribution in [0.25, 0.3) is 0 Å². The molecule has 0 heteroatoms. The quantitative estimate of drug-likeness (QED) is 0.367. The zero-order chi connectivity index (χ0) is 11.9. The molecule has 0 aromatic heterocycles.